The van der Waals surface area contributed by atoms with Gasteiger partial charge in [0, 0.05) is 12.0 Å². The van der Waals surface area contributed by atoms with Gasteiger partial charge in [-0.1, -0.05) is 19.1 Å². The van der Waals surface area contributed by atoms with Crippen LogP contribution in [-0.2, 0) is 11.2 Å². The van der Waals surface area contributed by atoms with Gasteiger partial charge in [-0.15, -0.1) is 0 Å². The number of rotatable bonds is 5. The summed E-state index contributed by atoms with van der Waals surface area (Å²) in [5, 5.41) is 21.1. The van der Waals surface area contributed by atoms with Crippen molar-refractivity contribution in [3.8, 4) is 17.2 Å². The first kappa shape index (κ1) is 18.4. The average molecular weight is 369 g/mol. The number of nitrogens with two attached hydrogens (primary N) is 1. The lowest BCUT2D eigenvalue weighted by molar-refractivity contribution is -0.118. The highest BCUT2D eigenvalue weighted by atomic mass is 16.5. The number of hydrogen-bond acceptors (Lipinski definition) is 6. The molecule has 1 amide bonds. The number of primary amides is 1. The number of phenols is 2. The highest BCUT2D eigenvalue weighted by Gasteiger charge is 2.37. The highest BCUT2D eigenvalue weighted by Crippen LogP contribution is 2.42. The fraction of sp³-hybridized carbons (Fsp3) is 0.250. The van der Waals surface area contributed by atoms with E-state index in [2.05, 4.69) is 0 Å². The fourth-order valence-corrected chi connectivity index (χ4v) is 3.49. The number of amides is 1. The van der Waals surface area contributed by atoms with Gasteiger partial charge in [-0.2, -0.15) is 0 Å². The molecule has 0 aliphatic heterocycles. The lowest BCUT2D eigenvalue weighted by Crippen LogP contribution is -2.23. The van der Waals surface area contributed by atoms with E-state index in [1.54, 1.807) is 19.1 Å². The minimum atomic E-state index is -0.596. The van der Waals surface area contributed by atoms with Gasteiger partial charge in [-0.05, 0) is 30.0 Å². The van der Waals surface area contributed by atoms with Gasteiger partial charge >= 0.3 is 0 Å². The van der Waals surface area contributed by atoms with Crippen LogP contribution in [0.4, 0.5) is 0 Å². The minimum absolute atomic E-state index is 0.0575. The van der Waals surface area contributed by atoms with Crippen LogP contribution in [0.15, 0.2) is 24.3 Å². The zero-order chi connectivity index (χ0) is 19.9. The number of aromatic hydroxyl groups is 2. The summed E-state index contributed by atoms with van der Waals surface area (Å²) in [5.74, 6) is -2.43. The predicted octanol–water partition coefficient (Wildman–Crippen LogP) is 1.94. The molecule has 0 fully saturated rings. The van der Waals surface area contributed by atoms with Crippen molar-refractivity contribution in [2.24, 2.45) is 11.7 Å². The molecule has 0 heterocycles. The molecule has 140 valence electrons. The third-order valence-corrected chi connectivity index (χ3v) is 4.65. The second kappa shape index (κ2) is 6.75. The Labute approximate surface area is 155 Å². The number of methoxy groups -OCH3 is 1. The number of benzene rings is 2. The van der Waals surface area contributed by atoms with Crippen LogP contribution in [0.1, 0.15) is 50.8 Å². The molecule has 7 nitrogen and oxygen atoms in total. The van der Waals surface area contributed by atoms with E-state index in [1.165, 1.54) is 19.2 Å². The van der Waals surface area contributed by atoms with Crippen LogP contribution in [-0.4, -0.2) is 34.8 Å². The molecule has 0 bridgehead atoms. The average Bonchev–Trinajstić information content (AvgIpc) is 2.60. The number of ether oxygens (including phenoxy) is 1. The highest BCUT2D eigenvalue weighted by molar-refractivity contribution is 6.31. The van der Waals surface area contributed by atoms with Gasteiger partial charge in [0.25, 0.3) is 0 Å². The van der Waals surface area contributed by atoms with Gasteiger partial charge in [-0.25, -0.2) is 0 Å². The zero-order valence-electron chi connectivity index (χ0n) is 14.9. The van der Waals surface area contributed by atoms with Crippen LogP contribution in [0.3, 0.4) is 0 Å². The first-order chi connectivity index (χ1) is 12.8. The molecule has 0 spiro atoms. The third kappa shape index (κ3) is 3.01. The van der Waals surface area contributed by atoms with E-state index in [-0.39, 0.29) is 58.1 Å². The summed E-state index contributed by atoms with van der Waals surface area (Å²) in [6.45, 7) is 1.76. The second-order valence-corrected chi connectivity index (χ2v) is 6.67. The van der Waals surface area contributed by atoms with E-state index in [4.69, 9.17) is 10.5 Å². The molecule has 1 aliphatic rings. The molecule has 3 rings (SSSR count). The van der Waals surface area contributed by atoms with Crippen LogP contribution in [0.2, 0.25) is 0 Å². The number of hydrogen-bond donors (Lipinski definition) is 3. The summed E-state index contributed by atoms with van der Waals surface area (Å²) in [4.78, 5) is 37.0. The number of ketones is 2. The van der Waals surface area contributed by atoms with Gasteiger partial charge < -0.3 is 20.7 Å². The summed E-state index contributed by atoms with van der Waals surface area (Å²) >= 11 is 0. The van der Waals surface area contributed by atoms with E-state index in [0.717, 1.165) is 0 Å². The molecule has 0 radical (unpaired) electrons. The summed E-state index contributed by atoms with van der Waals surface area (Å²) < 4.78 is 5.17. The summed E-state index contributed by atoms with van der Waals surface area (Å²) in [7, 11) is 1.38. The zero-order valence-corrected chi connectivity index (χ0v) is 14.9. The van der Waals surface area contributed by atoms with Crippen molar-refractivity contribution in [1.29, 1.82) is 0 Å². The van der Waals surface area contributed by atoms with Crippen molar-refractivity contribution >= 4 is 17.5 Å². The maximum absolute atomic E-state index is 13.0. The van der Waals surface area contributed by atoms with E-state index in [0.29, 0.717) is 0 Å². The topological polar surface area (TPSA) is 127 Å². The number of phenolic OH excluding ortho intramolecular Hbond substituents is 2. The van der Waals surface area contributed by atoms with Crippen molar-refractivity contribution in [1.82, 2.24) is 0 Å². The number of fused-ring (bicyclic) bond motifs is 2. The van der Waals surface area contributed by atoms with Crippen molar-refractivity contribution in [3.05, 3.63) is 52.1 Å². The maximum Gasteiger partial charge on any atom is 0.217 e. The maximum atomic E-state index is 13.0. The lowest BCUT2D eigenvalue weighted by Gasteiger charge is -2.23. The Morgan fingerprint density at radius 2 is 1.85 bits per heavy atom. The normalized spacial score (nSPS) is 13.7. The Morgan fingerprint density at radius 3 is 2.48 bits per heavy atom. The fourth-order valence-electron chi connectivity index (χ4n) is 3.49. The van der Waals surface area contributed by atoms with Crippen molar-refractivity contribution in [2.75, 3.05) is 7.11 Å². The molecule has 27 heavy (non-hydrogen) atoms. The molecule has 2 aromatic carbocycles. The Kier molecular flexibility index (Phi) is 4.61. The lowest BCUT2D eigenvalue weighted by atomic mass is 9.80. The van der Waals surface area contributed by atoms with E-state index in [1.807, 2.05) is 0 Å². The molecular formula is C20H19NO6. The Bertz CT molecular complexity index is 979. The van der Waals surface area contributed by atoms with Crippen LogP contribution in [0.5, 0.6) is 17.2 Å². The number of carbonyl (C=O) groups is 3. The molecule has 0 unspecified atom stereocenters. The molecular weight excluding hydrogens is 350 g/mol. The molecule has 0 saturated heterocycles. The van der Waals surface area contributed by atoms with Crippen LogP contribution in [0, 0.1) is 5.92 Å². The van der Waals surface area contributed by atoms with E-state index >= 15 is 0 Å². The molecule has 1 atom stereocenters. The van der Waals surface area contributed by atoms with Crippen LogP contribution >= 0.6 is 0 Å². The molecule has 1 aliphatic carbocycles. The Morgan fingerprint density at radius 1 is 1.15 bits per heavy atom. The van der Waals surface area contributed by atoms with Gasteiger partial charge in [0.2, 0.25) is 11.7 Å². The summed E-state index contributed by atoms with van der Waals surface area (Å²) in [6.07, 6.45) is 0.298. The van der Waals surface area contributed by atoms with Crippen LogP contribution in [0.25, 0.3) is 0 Å². The number of carbonyl (C=O) groups excluding carboxylic acids is 3. The SMILES string of the molecule is COc1cccc2c1C(=O)c1c(O)cc(C[C@H](C)CC(N)=O)c(O)c1C2=O. The Hall–Kier alpha value is -3.35. The van der Waals surface area contributed by atoms with Gasteiger partial charge in [0.1, 0.15) is 17.2 Å². The van der Waals surface area contributed by atoms with Gasteiger partial charge in [0.15, 0.2) is 5.78 Å². The van der Waals surface area contributed by atoms with Crippen LogP contribution < -0.4 is 10.5 Å². The quantitative estimate of drug-likeness (QED) is 0.590. The van der Waals surface area contributed by atoms with Gasteiger partial charge in [0.05, 0.1) is 23.8 Å². The molecule has 4 N–H and O–H groups in total. The second-order valence-electron chi connectivity index (χ2n) is 6.67. The third-order valence-electron chi connectivity index (χ3n) is 4.65. The predicted molar refractivity (Wildman–Crippen MR) is 96.3 cm³/mol. The minimum Gasteiger partial charge on any atom is -0.507 e. The first-order valence-corrected chi connectivity index (χ1v) is 8.38. The smallest absolute Gasteiger partial charge is 0.217 e. The standard InChI is InChI=1S/C20H19NO6/c1-9(7-14(21)23)6-10-8-12(22)16-17(18(10)24)19(25)11-4-3-5-13(27-2)15(11)20(16)26/h3-5,8-9,22,24H,6-7H2,1-2H3,(H2,21,23)/t9-/m0/s1. The van der Waals surface area contributed by atoms with Gasteiger partial charge in [-0.3, -0.25) is 14.4 Å². The molecule has 0 saturated carbocycles. The molecule has 7 heteroatoms. The van der Waals surface area contributed by atoms with E-state index < -0.39 is 23.2 Å². The monoisotopic (exact) mass is 369 g/mol. The van der Waals surface area contributed by atoms with Crippen molar-refractivity contribution in [2.45, 2.75) is 19.8 Å². The van der Waals surface area contributed by atoms with Crippen molar-refractivity contribution in [3.63, 3.8) is 0 Å². The van der Waals surface area contributed by atoms with E-state index in [9.17, 15) is 24.6 Å². The summed E-state index contributed by atoms with van der Waals surface area (Å²) in [6, 6.07) is 5.84. The first-order valence-electron chi connectivity index (χ1n) is 8.38. The van der Waals surface area contributed by atoms with Crippen molar-refractivity contribution < 1.29 is 29.3 Å². The molecule has 0 aromatic heterocycles. The summed E-state index contributed by atoms with van der Waals surface area (Å²) in [5.41, 5.74) is 5.13. The Balaban J connectivity index is 2.15. The largest absolute Gasteiger partial charge is 0.507 e. The molecule has 2 aromatic rings.